The predicted molar refractivity (Wildman–Crippen MR) is 72.3 cm³/mol. The second kappa shape index (κ2) is 6.21. The van der Waals surface area contributed by atoms with Crippen LogP contribution < -0.4 is 5.32 Å². The summed E-state index contributed by atoms with van der Waals surface area (Å²) >= 11 is 0. The normalized spacial score (nSPS) is 10.8. The summed E-state index contributed by atoms with van der Waals surface area (Å²) in [5, 5.41) is 3.13. The van der Waals surface area contributed by atoms with Gasteiger partial charge in [-0.05, 0) is 30.8 Å². The molecule has 0 aliphatic heterocycles. The number of hydrogen-bond donors (Lipinski definition) is 1. The minimum absolute atomic E-state index is 0.814. The van der Waals surface area contributed by atoms with Crippen molar-refractivity contribution in [3.63, 3.8) is 0 Å². The summed E-state index contributed by atoms with van der Waals surface area (Å²) in [7, 11) is 1.92. The van der Waals surface area contributed by atoms with Crippen molar-refractivity contribution in [3.05, 3.63) is 48.2 Å². The van der Waals surface area contributed by atoms with Gasteiger partial charge in [0.05, 0.1) is 18.5 Å². The summed E-state index contributed by atoms with van der Waals surface area (Å²) in [6.45, 7) is 4.75. The molecule has 2 heterocycles. The van der Waals surface area contributed by atoms with E-state index in [1.165, 1.54) is 0 Å². The molecule has 96 valence electrons. The van der Waals surface area contributed by atoms with Gasteiger partial charge in [-0.15, -0.1) is 0 Å². The minimum Gasteiger partial charge on any atom is -0.468 e. The lowest BCUT2D eigenvalue weighted by atomic mass is 10.3. The van der Waals surface area contributed by atoms with Crippen LogP contribution in [0.2, 0.25) is 0 Å². The fraction of sp³-hybridized carbons (Fsp3) is 0.357. The first-order valence-corrected chi connectivity index (χ1v) is 6.19. The number of anilines is 1. The van der Waals surface area contributed by atoms with Crippen molar-refractivity contribution in [2.24, 2.45) is 0 Å². The van der Waals surface area contributed by atoms with Crippen LogP contribution in [0.5, 0.6) is 0 Å². The van der Waals surface area contributed by atoms with Crippen LogP contribution in [0, 0.1) is 0 Å². The number of hydrogen-bond acceptors (Lipinski definition) is 4. The summed E-state index contributed by atoms with van der Waals surface area (Å²) in [6.07, 6.45) is 3.55. The van der Waals surface area contributed by atoms with E-state index in [0.717, 1.165) is 36.8 Å². The van der Waals surface area contributed by atoms with Crippen molar-refractivity contribution in [1.82, 2.24) is 9.88 Å². The average Bonchev–Trinajstić information content (AvgIpc) is 2.91. The Morgan fingerprint density at radius 1 is 1.33 bits per heavy atom. The highest BCUT2D eigenvalue weighted by molar-refractivity contribution is 5.42. The third-order valence-electron chi connectivity index (χ3n) is 2.90. The van der Waals surface area contributed by atoms with Gasteiger partial charge in [-0.2, -0.15) is 0 Å². The molecular weight excluding hydrogens is 226 g/mol. The lowest BCUT2D eigenvalue weighted by Crippen LogP contribution is -2.22. The van der Waals surface area contributed by atoms with Crippen molar-refractivity contribution in [2.45, 2.75) is 20.0 Å². The Kier molecular flexibility index (Phi) is 4.36. The maximum absolute atomic E-state index is 5.37. The molecule has 2 aromatic rings. The van der Waals surface area contributed by atoms with Gasteiger partial charge in [0.15, 0.2) is 0 Å². The predicted octanol–water partition coefficient (Wildman–Crippen LogP) is 2.74. The van der Waals surface area contributed by atoms with Gasteiger partial charge < -0.3 is 9.73 Å². The Labute approximate surface area is 108 Å². The van der Waals surface area contributed by atoms with Crippen LogP contribution in [-0.4, -0.2) is 23.5 Å². The molecule has 4 heteroatoms. The molecule has 1 N–H and O–H groups in total. The van der Waals surface area contributed by atoms with Crippen LogP contribution in [0.25, 0.3) is 0 Å². The molecule has 0 aliphatic rings. The Hall–Kier alpha value is -1.81. The number of pyridine rings is 1. The summed E-state index contributed by atoms with van der Waals surface area (Å²) < 4.78 is 5.37. The van der Waals surface area contributed by atoms with Crippen LogP contribution in [0.4, 0.5) is 5.69 Å². The molecule has 0 fully saturated rings. The highest BCUT2D eigenvalue weighted by Gasteiger charge is 2.07. The molecule has 4 nitrogen and oxygen atoms in total. The zero-order valence-corrected chi connectivity index (χ0v) is 10.9. The summed E-state index contributed by atoms with van der Waals surface area (Å²) in [5.41, 5.74) is 2.16. The van der Waals surface area contributed by atoms with Crippen molar-refractivity contribution in [1.29, 1.82) is 0 Å². The summed E-state index contributed by atoms with van der Waals surface area (Å²) in [5.74, 6) is 0.988. The Morgan fingerprint density at radius 2 is 2.22 bits per heavy atom. The average molecular weight is 245 g/mol. The van der Waals surface area contributed by atoms with E-state index in [4.69, 9.17) is 4.42 Å². The molecule has 2 aromatic heterocycles. The second-order valence-corrected chi connectivity index (χ2v) is 4.17. The maximum Gasteiger partial charge on any atom is 0.117 e. The van der Waals surface area contributed by atoms with E-state index in [9.17, 15) is 0 Å². The Bertz CT molecular complexity index is 468. The molecule has 0 aliphatic carbocycles. The zero-order valence-electron chi connectivity index (χ0n) is 10.9. The third-order valence-corrected chi connectivity index (χ3v) is 2.90. The van der Waals surface area contributed by atoms with Gasteiger partial charge in [-0.3, -0.25) is 9.88 Å². The smallest absolute Gasteiger partial charge is 0.117 e. The molecule has 0 radical (unpaired) electrons. The van der Waals surface area contributed by atoms with Gasteiger partial charge in [-0.25, -0.2) is 0 Å². The first kappa shape index (κ1) is 12.6. The van der Waals surface area contributed by atoms with Crippen LogP contribution in [0.1, 0.15) is 18.4 Å². The Morgan fingerprint density at radius 3 is 2.89 bits per heavy atom. The zero-order chi connectivity index (χ0) is 12.8. The fourth-order valence-corrected chi connectivity index (χ4v) is 1.85. The van der Waals surface area contributed by atoms with Crippen molar-refractivity contribution >= 4 is 5.69 Å². The number of aromatic nitrogens is 1. The first-order chi connectivity index (χ1) is 8.81. The molecule has 0 saturated heterocycles. The monoisotopic (exact) mass is 245 g/mol. The fourth-order valence-electron chi connectivity index (χ4n) is 1.85. The molecule has 0 bridgehead atoms. The van der Waals surface area contributed by atoms with E-state index < -0.39 is 0 Å². The van der Waals surface area contributed by atoms with Gasteiger partial charge in [0.1, 0.15) is 5.76 Å². The second-order valence-electron chi connectivity index (χ2n) is 4.17. The maximum atomic E-state index is 5.37. The number of nitrogens with one attached hydrogen (secondary N) is 1. The minimum atomic E-state index is 0.814. The van der Waals surface area contributed by atoms with E-state index in [1.807, 2.05) is 31.4 Å². The van der Waals surface area contributed by atoms with Gasteiger partial charge in [-0.1, -0.05) is 6.92 Å². The van der Waals surface area contributed by atoms with Crippen molar-refractivity contribution in [2.75, 3.05) is 18.9 Å². The summed E-state index contributed by atoms with van der Waals surface area (Å²) in [6, 6.07) is 7.96. The van der Waals surface area contributed by atoms with E-state index in [-0.39, 0.29) is 0 Å². The molecule has 18 heavy (non-hydrogen) atoms. The lowest BCUT2D eigenvalue weighted by Gasteiger charge is -2.18. The third kappa shape index (κ3) is 3.34. The van der Waals surface area contributed by atoms with E-state index in [1.54, 1.807) is 6.26 Å². The molecule has 0 amide bonds. The van der Waals surface area contributed by atoms with E-state index >= 15 is 0 Å². The van der Waals surface area contributed by atoms with E-state index in [0.29, 0.717) is 0 Å². The lowest BCUT2D eigenvalue weighted by molar-refractivity contribution is 0.245. The highest BCUT2D eigenvalue weighted by Crippen LogP contribution is 2.12. The number of nitrogens with zero attached hydrogens (tertiary/aromatic N) is 2. The van der Waals surface area contributed by atoms with Crippen LogP contribution in [0.15, 0.2) is 41.1 Å². The molecule has 0 unspecified atom stereocenters. The number of furan rings is 1. The van der Waals surface area contributed by atoms with Crippen LogP contribution in [-0.2, 0) is 13.1 Å². The molecule has 2 rings (SSSR count). The molecule has 0 spiro atoms. The van der Waals surface area contributed by atoms with Gasteiger partial charge in [0.2, 0.25) is 0 Å². The van der Waals surface area contributed by atoms with Gasteiger partial charge in [0, 0.05) is 25.5 Å². The van der Waals surface area contributed by atoms with Gasteiger partial charge >= 0.3 is 0 Å². The van der Waals surface area contributed by atoms with Crippen molar-refractivity contribution in [3.8, 4) is 0 Å². The molecule has 0 aromatic carbocycles. The first-order valence-electron chi connectivity index (χ1n) is 6.19. The topological polar surface area (TPSA) is 41.3 Å². The highest BCUT2D eigenvalue weighted by atomic mass is 16.3. The quantitative estimate of drug-likeness (QED) is 0.849. The standard InChI is InChI=1S/C14H19N3O/c1-3-17(11-14-5-4-8-18-14)10-13-9-12(15-2)6-7-16-13/h4-9H,3,10-11H2,1-2H3,(H,15,16). The molecule has 0 saturated carbocycles. The van der Waals surface area contributed by atoms with Gasteiger partial charge in [0.25, 0.3) is 0 Å². The van der Waals surface area contributed by atoms with Crippen LogP contribution >= 0.6 is 0 Å². The summed E-state index contributed by atoms with van der Waals surface area (Å²) in [4.78, 5) is 6.68. The Balaban J connectivity index is 2.00. The largest absolute Gasteiger partial charge is 0.468 e. The van der Waals surface area contributed by atoms with E-state index in [2.05, 4.69) is 28.2 Å². The molecular formula is C14H19N3O. The number of rotatable bonds is 6. The SMILES string of the molecule is CCN(Cc1cc(NC)ccn1)Cc1ccco1. The van der Waals surface area contributed by atoms with Crippen LogP contribution in [0.3, 0.4) is 0 Å². The molecule has 0 atom stereocenters. The van der Waals surface area contributed by atoms with Crippen molar-refractivity contribution < 1.29 is 4.42 Å².